The summed E-state index contributed by atoms with van der Waals surface area (Å²) in [5.74, 6) is 1.02. The monoisotopic (exact) mass is 670 g/mol. The van der Waals surface area contributed by atoms with Crippen LogP contribution in [-0.2, 0) is 9.63 Å². The number of methoxy groups -OCH3 is 1. The molecule has 4 aromatic rings. The van der Waals surface area contributed by atoms with Crippen molar-refractivity contribution in [3.63, 3.8) is 0 Å². The number of aromatic nitrogens is 3. The Morgan fingerprint density at radius 1 is 1.04 bits per heavy atom. The van der Waals surface area contributed by atoms with Crippen LogP contribution >= 0.6 is 24.0 Å². The molecular formula is C31H29F3N6O4S2. The van der Waals surface area contributed by atoms with Crippen LogP contribution in [-0.4, -0.2) is 50.2 Å². The smallest absolute Gasteiger partial charge is 0.497 e. The first-order chi connectivity index (χ1) is 21.9. The second-order valence-corrected chi connectivity index (χ2v) is 11.7. The summed E-state index contributed by atoms with van der Waals surface area (Å²) in [6.07, 6.45) is -3.72. The summed E-state index contributed by atoms with van der Waals surface area (Å²) in [7, 11) is 1.57. The number of amidine groups is 1. The third-order valence-corrected chi connectivity index (χ3v) is 7.95. The fourth-order valence-corrected chi connectivity index (χ4v) is 5.61. The molecule has 1 atom stereocenters. The molecule has 15 heteroatoms. The van der Waals surface area contributed by atoms with Gasteiger partial charge in [-0.15, -0.1) is 18.3 Å². The lowest BCUT2D eigenvalue weighted by molar-refractivity contribution is -0.274. The van der Waals surface area contributed by atoms with Crippen LogP contribution in [0, 0.1) is 0 Å². The highest BCUT2D eigenvalue weighted by Crippen LogP contribution is 2.36. The maximum absolute atomic E-state index is 12.9. The lowest BCUT2D eigenvalue weighted by Gasteiger charge is -2.22. The number of halogens is 3. The quantitative estimate of drug-likeness (QED) is 0.149. The van der Waals surface area contributed by atoms with E-state index in [9.17, 15) is 18.0 Å². The standard InChI is InChI=1S/C31H29F3N6O4S2/c1-18(2)25-14-13-24(42-4)15-26(25)40-27(41)16-46-30(40)36-29(45)38-44-19(3)20-5-7-21(8-6-20)28-35-17-39(37-28)22-9-11-23(12-10-22)43-31(32,33)34/h5-15,17-19H,16H2,1-4H3,(H,38,45)/b36-30-. The molecule has 0 bridgehead atoms. The van der Waals surface area contributed by atoms with E-state index in [0.717, 1.165) is 16.7 Å². The minimum Gasteiger partial charge on any atom is -0.497 e. The van der Waals surface area contributed by atoms with Gasteiger partial charge in [0.05, 0.1) is 24.2 Å². The van der Waals surface area contributed by atoms with Crippen LogP contribution in [0.3, 0.4) is 0 Å². The number of rotatable bonds is 9. The van der Waals surface area contributed by atoms with Crippen molar-refractivity contribution in [2.75, 3.05) is 17.8 Å². The lowest BCUT2D eigenvalue weighted by atomic mass is 10.00. The molecule has 240 valence electrons. The third kappa shape index (κ3) is 7.84. The topological polar surface area (TPSA) is 103 Å². The van der Waals surface area contributed by atoms with Gasteiger partial charge in [0.2, 0.25) is 11.0 Å². The van der Waals surface area contributed by atoms with Crippen LogP contribution in [0.4, 0.5) is 18.9 Å². The van der Waals surface area contributed by atoms with Gasteiger partial charge in [-0.1, -0.05) is 55.9 Å². The van der Waals surface area contributed by atoms with E-state index in [1.165, 1.54) is 47.0 Å². The van der Waals surface area contributed by atoms with Gasteiger partial charge in [0, 0.05) is 11.6 Å². The number of thiocarbonyl (C=S) groups is 1. The second kappa shape index (κ2) is 13.9. The fourth-order valence-electron chi connectivity index (χ4n) is 4.55. The number of thioether (sulfide) groups is 1. The second-order valence-electron chi connectivity index (χ2n) is 10.3. The summed E-state index contributed by atoms with van der Waals surface area (Å²) in [4.78, 5) is 29.0. The molecule has 1 fully saturated rings. The van der Waals surface area contributed by atoms with Gasteiger partial charge in [-0.25, -0.2) is 15.1 Å². The van der Waals surface area contributed by atoms with E-state index in [1.54, 1.807) is 12.0 Å². The Labute approximate surface area is 272 Å². The van der Waals surface area contributed by atoms with Crippen molar-refractivity contribution in [1.82, 2.24) is 20.2 Å². The minimum absolute atomic E-state index is 0.0624. The Balaban J connectivity index is 1.21. The number of anilines is 1. The molecule has 1 aromatic heterocycles. The molecule has 5 rings (SSSR count). The zero-order valence-electron chi connectivity index (χ0n) is 25.1. The normalized spacial score (nSPS) is 15.0. The van der Waals surface area contributed by atoms with Crippen molar-refractivity contribution in [2.24, 2.45) is 4.99 Å². The molecule has 1 N–H and O–H groups in total. The van der Waals surface area contributed by atoms with Crippen molar-refractivity contribution < 1.29 is 32.3 Å². The van der Waals surface area contributed by atoms with Gasteiger partial charge in [-0.05, 0) is 66.5 Å². The van der Waals surface area contributed by atoms with Crippen molar-refractivity contribution in [2.45, 2.75) is 39.2 Å². The molecule has 46 heavy (non-hydrogen) atoms. The van der Waals surface area contributed by atoms with E-state index in [0.29, 0.717) is 28.1 Å². The average Bonchev–Trinajstić information content (AvgIpc) is 3.66. The van der Waals surface area contributed by atoms with Crippen molar-refractivity contribution in [3.8, 4) is 28.6 Å². The Morgan fingerprint density at radius 3 is 2.39 bits per heavy atom. The first-order valence-electron chi connectivity index (χ1n) is 14.0. The number of nitrogens with one attached hydrogen (secondary N) is 1. The highest BCUT2D eigenvalue weighted by atomic mass is 32.2. The van der Waals surface area contributed by atoms with Crippen molar-refractivity contribution >= 4 is 45.9 Å². The minimum atomic E-state index is -4.76. The predicted octanol–water partition coefficient (Wildman–Crippen LogP) is 6.97. The molecule has 0 radical (unpaired) electrons. The SMILES string of the molecule is COc1ccc(C(C)C)c(N2C(=O)CS/C2=N\C(=S)NOC(C)c2ccc(-c3ncn(-c4ccc(OC(F)(F)F)cc4)n3)cc2)c1. The van der Waals surface area contributed by atoms with E-state index in [2.05, 4.69) is 39.1 Å². The molecule has 1 aliphatic rings. The number of ether oxygens (including phenoxy) is 2. The first-order valence-corrected chi connectivity index (χ1v) is 15.4. The maximum atomic E-state index is 12.9. The van der Waals surface area contributed by atoms with Crippen LogP contribution < -0.4 is 19.9 Å². The number of carbonyl (C=O) groups excluding carboxylic acids is 1. The van der Waals surface area contributed by atoms with Crippen molar-refractivity contribution in [3.05, 3.63) is 84.2 Å². The number of hydroxylamine groups is 1. The molecular weight excluding hydrogens is 642 g/mol. The molecule has 1 aliphatic heterocycles. The van der Waals surface area contributed by atoms with E-state index in [1.807, 2.05) is 49.4 Å². The summed E-state index contributed by atoms with van der Waals surface area (Å²) in [6, 6.07) is 18.3. The van der Waals surface area contributed by atoms with Crippen LogP contribution in [0.25, 0.3) is 17.1 Å². The molecule has 3 aromatic carbocycles. The molecule has 2 heterocycles. The predicted molar refractivity (Wildman–Crippen MR) is 173 cm³/mol. The van der Waals surface area contributed by atoms with Crippen LogP contribution in [0.5, 0.6) is 11.5 Å². The molecule has 10 nitrogen and oxygen atoms in total. The maximum Gasteiger partial charge on any atom is 0.573 e. The number of hydrogen-bond donors (Lipinski definition) is 1. The van der Waals surface area contributed by atoms with E-state index >= 15 is 0 Å². The summed E-state index contributed by atoms with van der Waals surface area (Å²) >= 11 is 6.71. The Hall–Kier alpha value is -4.47. The highest BCUT2D eigenvalue weighted by molar-refractivity contribution is 8.15. The zero-order valence-corrected chi connectivity index (χ0v) is 26.7. The largest absolute Gasteiger partial charge is 0.573 e. The fraction of sp³-hybridized carbons (Fsp3) is 0.258. The summed E-state index contributed by atoms with van der Waals surface area (Å²) in [5.41, 5.74) is 6.46. The van der Waals surface area contributed by atoms with Gasteiger partial charge in [0.1, 0.15) is 23.9 Å². The zero-order chi connectivity index (χ0) is 33.0. The Kier molecular flexibility index (Phi) is 9.94. The van der Waals surface area contributed by atoms with Gasteiger partial charge < -0.3 is 9.47 Å². The van der Waals surface area contributed by atoms with E-state index in [-0.39, 0.29) is 28.4 Å². The van der Waals surface area contributed by atoms with Gasteiger partial charge >= 0.3 is 6.36 Å². The highest BCUT2D eigenvalue weighted by Gasteiger charge is 2.33. The molecule has 0 spiro atoms. The van der Waals surface area contributed by atoms with E-state index in [4.69, 9.17) is 21.8 Å². The summed E-state index contributed by atoms with van der Waals surface area (Å²) < 4.78 is 48.0. The average molecular weight is 671 g/mol. The lowest BCUT2D eigenvalue weighted by Crippen LogP contribution is -2.32. The number of nitrogens with zero attached hydrogens (tertiary/aromatic N) is 5. The van der Waals surface area contributed by atoms with Gasteiger partial charge in [0.25, 0.3) is 0 Å². The Bertz CT molecular complexity index is 1740. The Morgan fingerprint density at radius 2 is 1.74 bits per heavy atom. The third-order valence-electron chi connectivity index (χ3n) is 6.85. The van der Waals surface area contributed by atoms with Gasteiger partial charge in [-0.3, -0.25) is 14.5 Å². The molecule has 1 saturated heterocycles. The van der Waals surface area contributed by atoms with E-state index < -0.39 is 12.5 Å². The molecule has 0 aliphatic carbocycles. The number of amides is 1. The van der Waals surface area contributed by atoms with Crippen LogP contribution in [0.2, 0.25) is 0 Å². The molecule has 0 saturated carbocycles. The van der Waals surface area contributed by atoms with Crippen LogP contribution in [0.15, 0.2) is 78.0 Å². The molecule has 1 amide bonds. The van der Waals surface area contributed by atoms with Gasteiger partial charge in [0.15, 0.2) is 11.0 Å². The molecule has 1 unspecified atom stereocenters. The number of alkyl halides is 3. The number of benzene rings is 3. The first kappa shape index (κ1) is 32.9. The summed E-state index contributed by atoms with van der Waals surface area (Å²) in [6.45, 7) is 5.94. The summed E-state index contributed by atoms with van der Waals surface area (Å²) in [5, 5.41) is 4.93. The van der Waals surface area contributed by atoms with Crippen LogP contribution in [0.1, 0.15) is 43.9 Å². The van der Waals surface area contributed by atoms with Gasteiger partial charge in [-0.2, -0.15) is 4.99 Å². The number of hydrogen-bond acceptors (Lipinski definition) is 8. The number of carbonyl (C=O) groups is 1. The number of aliphatic imine (C=N–C) groups is 1. The van der Waals surface area contributed by atoms with Crippen molar-refractivity contribution in [1.29, 1.82) is 0 Å².